The first-order valence-electron chi connectivity index (χ1n) is 3.97. The molecule has 2 nitrogen and oxygen atoms in total. The molecule has 0 heterocycles. The van der Waals surface area contributed by atoms with Crippen molar-refractivity contribution >= 4 is 18.6 Å². The fourth-order valence-corrected chi connectivity index (χ4v) is 1.24. The lowest BCUT2D eigenvalue weighted by atomic mass is 9.85. The molecular formula is C10H12O2S. The number of hydrogen-bond donors (Lipinski definition) is 2. The van der Waals surface area contributed by atoms with Gasteiger partial charge in [-0.05, 0) is 31.5 Å². The van der Waals surface area contributed by atoms with Crippen LogP contribution in [0.1, 0.15) is 19.4 Å². The van der Waals surface area contributed by atoms with Crippen LogP contribution in [-0.4, -0.2) is 11.1 Å². The Morgan fingerprint density at radius 1 is 1.46 bits per heavy atom. The van der Waals surface area contributed by atoms with Crippen molar-refractivity contribution in [2.75, 3.05) is 0 Å². The molecule has 1 aromatic rings. The third kappa shape index (κ3) is 2.04. The van der Waals surface area contributed by atoms with Gasteiger partial charge in [-0.2, -0.15) is 0 Å². The molecule has 0 unspecified atom stereocenters. The van der Waals surface area contributed by atoms with Gasteiger partial charge in [0.25, 0.3) is 0 Å². The minimum absolute atomic E-state index is 0.771. The second kappa shape index (κ2) is 3.42. The quantitative estimate of drug-likeness (QED) is 0.712. The summed E-state index contributed by atoms with van der Waals surface area (Å²) in [7, 11) is 0. The number of carbonyl (C=O) groups is 1. The number of rotatable bonds is 2. The van der Waals surface area contributed by atoms with E-state index < -0.39 is 11.4 Å². The Morgan fingerprint density at radius 2 is 2.08 bits per heavy atom. The van der Waals surface area contributed by atoms with Crippen LogP contribution in [-0.2, 0) is 10.2 Å². The highest BCUT2D eigenvalue weighted by atomic mass is 32.1. The van der Waals surface area contributed by atoms with E-state index >= 15 is 0 Å². The summed E-state index contributed by atoms with van der Waals surface area (Å²) in [4.78, 5) is 11.7. The smallest absolute Gasteiger partial charge is 0.313 e. The minimum Gasteiger partial charge on any atom is -0.481 e. The van der Waals surface area contributed by atoms with E-state index in [1.807, 2.05) is 12.1 Å². The lowest BCUT2D eigenvalue weighted by Crippen LogP contribution is -2.28. The van der Waals surface area contributed by atoms with Gasteiger partial charge >= 0.3 is 5.97 Å². The fourth-order valence-electron chi connectivity index (χ4n) is 1.02. The molecule has 0 aliphatic carbocycles. The van der Waals surface area contributed by atoms with E-state index in [0.29, 0.717) is 0 Å². The highest BCUT2D eigenvalue weighted by molar-refractivity contribution is 7.80. The summed E-state index contributed by atoms with van der Waals surface area (Å²) < 4.78 is 0. The van der Waals surface area contributed by atoms with Crippen LogP contribution in [0.2, 0.25) is 0 Å². The fraction of sp³-hybridized carbons (Fsp3) is 0.300. The third-order valence-electron chi connectivity index (χ3n) is 2.10. The lowest BCUT2D eigenvalue weighted by Gasteiger charge is -2.19. The van der Waals surface area contributed by atoms with Gasteiger partial charge in [0.1, 0.15) is 0 Å². The van der Waals surface area contributed by atoms with Crippen molar-refractivity contribution in [1.29, 1.82) is 0 Å². The molecule has 0 bridgehead atoms. The molecule has 0 atom stereocenters. The van der Waals surface area contributed by atoms with Gasteiger partial charge in [-0.25, -0.2) is 0 Å². The molecule has 70 valence electrons. The maximum Gasteiger partial charge on any atom is 0.313 e. The molecule has 3 heteroatoms. The van der Waals surface area contributed by atoms with Crippen molar-refractivity contribution in [2.24, 2.45) is 0 Å². The van der Waals surface area contributed by atoms with E-state index in [2.05, 4.69) is 12.6 Å². The SMILES string of the molecule is CC(C)(C(=O)O)c1cccc(S)c1. The molecule has 0 saturated heterocycles. The van der Waals surface area contributed by atoms with Gasteiger partial charge in [0.05, 0.1) is 5.41 Å². The number of carboxylic acid groups (broad SMARTS) is 1. The Labute approximate surface area is 83.0 Å². The van der Waals surface area contributed by atoms with E-state index in [9.17, 15) is 4.79 Å². The van der Waals surface area contributed by atoms with Crippen LogP contribution in [0, 0.1) is 0 Å². The van der Waals surface area contributed by atoms with E-state index in [1.54, 1.807) is 26.0 Å². The summed E-state index contributed by atoms with van der Waals surface area (Å²) in [6.45, 7) is 3.36. The van der Waals surface area contributed by atoms with Gasteiger partial charge in [-0.3, -0.25) is 4.79 Å². The molecule has 1 rings (SSSR count). The highest BCUT2D eigenvalue weighted by Crippen LogP contribution is 2.24. The molecule has 0 aliphatic rings. The molecule has 0 spiro atoms. The average molecular weight is 196 g/mol. The number of hydrogen-bond acceptors (Lipinski definition) is 2. The minimum atomic E-state index is -0.848. The maximum atomic E-state index is 10.9. The van der Waals surface area contributed by atoms with Crippen molar-refractivity contribution in [3.63, 3.8) is 0 Å². The second-order valence-electron chi connectivity index (χ2n) is 3.48. The first-order valence-corrected chi connectivity index (χ1v) is 4.42. The zero-order chi connectivity index (χ0) is 10.1. The lowest BCUT2D eigenvalue weighted by molar-refractivity contribution is -0.142. The van der Waals surface area contributed by atoms with Crippen molar-refractivity contribution in [3.8, 4) is 0 Å². The van der Waals surface area contributed by atoms with E-state index in [0.717, 1.165) is 10.5 Å². The Morgan fingerprint density at radius 3 is 2.54 bits per heavy atom. The van der Waals surface area contributed by atoms with E-state index in [-0.39, 0.29) is 0 Å². The summed E-state index contributed by atoms with van der Waals surface area (Å²) in [5.41, 5.74) is -0.0776. The molecule has 13 heavy (non-hydrogen) atoms. The predicted molar refractivity (Wildman–Crippen MR) is 54.4 cm³/mol. The summed E-state index contributed by atoms with van der Waals surface area (Å²) >= 11 is 4.16. The molecular weight excluding hydrogens is 184 g/mol. The number of carboxylic acids is 1. The summed E-state index contributed by atoms with van der Waals surface area (Å²) in [6.07, 6.45) is 0. The zero-order valence-electron chi connectivity index (χ0n) is 7.61. The highest BCUT2D eigenvalue weighted by Gasteiger charge is 2.29. The molecule has 1 aromatic carbocycles. The molecule has 1 N–H and O–H groups in total. The summed E-state index contributed by atoms with van der Waals surface area (Å²) in [5.74, 6) is -0.827. The van der Waals surface area contributed by atoms with E-state index in [4.69, 9.17) is 5.11 Å². The second-order valence-corrected chi connectivity index (χ2v) is 4.00. The third-order valence-corrected chi connectivity index (χ3v) is 2.38. The van der Waals surface area contributed by atoms with Crippen molar-refractivity contribution in [1.82, 2.24) is 0 Å². The van der Waals surface area contributed by atoms with Crippen LogP contribution in [0.5, 0.6) is 0 Å². The number of thiol groups is 1. The number of aliphatic carboxylic acids is 1. The monoisotopic (exact) mass is 196 g/mol. The van der Waals surface area contributed by atoms with Gasteiger partial charge in [-0.15, -0.1) is 12.6 Å². The van der Waals surface area contributed by atoms with E-state index in [1.165, 1.54) is 0 Å². The van der Waals surface area contributed by atoms with Crippen LogP contribution >= 0.6 is 12.6 Å². The van der Waals surface area contributed by atoms with Gasteiger partial charge in [0.15, 0.2) is 0 Å². The Balaban J connectivity index is 3.14. The topological polar surface area (TPSA) is 37.3 Å². The maximum absolute atomic E-state index is 10.9. The zero-order valence-corrected chi connectivity index (χ0v) is 8.51. The van der Waals surface area contributed by atoms with Crippen LogP contribution in [0.25, 0.3) is 0 Å². The number of benzene rings is 1. The molecule has 0 aliphatic heterocycles. The van der Waals surface area contributed by atoms with Crippen LogP contribution in [0.4, 0.5) is 0 Å². The van der Waals surface area contributed by atoms with Gasteiger partial charge in [0.2, 0.25) is 0 Å². The molecule has 0 amide bonds. The van der Waals surface area contributed by atoms with Crippen molar-refractivity contribution in [3.05, 3.63) is 29.8 Å². The first-order chi connectivity index (χ1) is 5.94. The van der Waals surface area contributed by atoms with Gasteiger partial charge < -0.3 is 5.11 Å². The Kier molecular flexibility index (Phi) is 2.66. The molecule has 0 saturated carbocycles. The van der Waals surface area contributed by atoms with Gasteiger partial charge in [-0.1, -0.05) is 12.1 Å². The standard InChI is InChI=1S/C10H12O2S/c1-10(2,9(11)12)7-4-3-5-8(13)6-7/h3-6,13H,1-2H3,(H,11,12). The van der Waals surface area contributed by atoms with Crippen LogP contribution < -0.4 is 0 Å². The van der Waals surface area contributed by atoms with Gasteiger partial charge in [0, 0.05) is 4.90 Å². The van der Waals surface area contributed by atoms with Crippen LogP contribution in [0.15, 0.2) is 29.2 Å². The summed E-state index contributed by atoms with van der Waals surface area (Å²) in [6, 6.07) is 7.21. The molecule has 0 radical (unpaired) electrons. The Hall–Kier alpha value is -0.960. The summed E-state index contributed by atoms with van der Waals surface area (Å²) in [5, 5.41) is 8.96. The first kappa shape index (κ1) is 10.1. The Bertz CT molecular complexity index is 331. The predicted octanol–water partition coefficient (Wildman–Crippen LogP) is 2.34. The normalized spacial score (nSPS) is 11.3. The molecule has 0 fully saturated rings. The van der Waals surface area contributed by atoms with Crippen molar-refractivity contribution < 1.29 is 9.90 Å². The average Bonchev–Trinajstić information content (AvgIpc) is 2.04. The van der Waals surface area contributed by atoms with Crippen molar-refractivity contribution in [2.45, 2.75) is 24.2 Å². The largest absolute Gasteiger partial charge is 0.481 e. The van der Waals surface area contributed by atoms with Crippen LogP contribution in [0.3, 0.4) is 0 Å². The molecule has 0 aromatic heterocycles.